The Morgan fingerprint density at radius 3 is 2.39 bits per heavy atom. The van der Waals surface area contributed by atoms with Gasteiger partial charge in [0.25, 0.3) is 0 Å². The van der Waals surface area contributed by atoms with Gasteiger partial charge in [0.1, 0.15) is 6.10 Å². The van der Waals surface area contributed by atoms with Crippen molar-refractivity contribution < 1.29 is 20.4 Å². The molecule has 18 heavy (non-hydrogen) atoms. The normalized spacial score (nSPS) is 14.4. The molecule has 4 N–H and O–H groups in total. The fourth-order valence-electron chi connectivity index (χ4n) is 1.56. The molecule has 0 bridgehead atoms. The summed E-state index contributed by atoms with van der Waals surface area (Å²) < 4.78 is 0. The lowest BCUT2D eigenvalue weighted by Crippen LogP contribution is -2.31. The Kier molecular flexibility index (Phi) is 6.74. The lowest BCUT2D eigenvalue weighted by Gasteiger charge is -2.14. The van der Waals surface area contributed by atoms with Gasteiger partial charge in [-0.15, -0.1) is 0 Å². The number of aliphatic hydroxyl groups is 4. The van der Waals surface area contributed by atoms with E-state index in [0.29, 0.717) is 5.69 Å². The van der Waals surface area contributed by atoms with Crippen LogP contribution in [0.4, 0.5) is 0 Å². The SMILES string of the molecule is OCCCCc1cncc(CC(O)C(O)CO)n1. The molecule has 0 fully saturated rings. The summed E-state index contributed by atoms with van der Waals surface area (Å²) in [5.74, 6) is 0. The fraction of sp³-hybridized carbons (Fsp3) is 0.667. The van der Waals surface area contributed by atoms with E-state index in [1.807, 2.05) is 0 Å². The summed E-state index contributed by atoms with van der Waals surface area (Å²) in [7, 11) is 0. The van der Waals surface area contributed by atoms with E-state index < -0.39 is 18.8 Å². The van der Waals surface area contributed by atoms with Crippen LogP contribution in [0, 0.1) is 0 Å². The van der Waals surface area contributed by atoms with Gasteiger partial charge in [-0.05, 0) is 19.3 Å². The van der Waals surface area contributed by atoms with E-state index in [2.05, 4.69) is 9.97 Å². The summed E-state index contributed by atoms with van der Waals surface area (Å²) in [6.45, 7) is -0.320. The van der Waals surface area contributed by atoms with Crippen molar-refractivity contribution in [3.63, 3.8) is 0 Å². The summed E-state index contributed by atoms with van der Waals surface area (Å²) in [5.41, 5.74) is 1.38. The highest BCUT2D eigenvalue weighted by atomic mass is 16.4. The molecule has 0 aliphatic carbocycles. The summed E-state index contributed by atoms with van der Waals surface area (Å²) in [6, 6.07) is 0. The van der Waals surface area contributed by atoms with Crippen LogP contribution >= 0.6 is 0 Å². The predicted molar refractivity (Wildman–Crippen MR) is 64.9 cm³/mol. The minimum atomic E-state index is -1.16. The van der Waals surface area contributed by atoms with Gasteiger partial charge in [-0.25, -0.2) is 0 Å². The number of aliphatic hydroxyl groups excluding tert-OH is 4. The molecule has 6 heteroatoms. The Bertz CT molecular complexity index is 349. The number of nitrogens with zero attached hydrogens (tertiary/aromatic N) is 2. The van der Waals surface area contributed by atoms with Gasteiger partial charge in [-0.3, -0.25) is 9.97 Å². The van der Waals surface area contributed by atoms with E-state index >= 15 is 0 Å². The molecule has 0 aliphatic rings. The molecule has 0 saturated carbocycles. The Labute approximate surface area is 106 Å². The van der Waals surface area contributed by atoms with E-state index in [4.69, 9.17) is 10.2 Å². The van der Waals surface area contributed by atoms with Crippen molar-refractivity contribution in [2.24, 2.45) is 0 Å². The third-order valence-corrected chi connectivity index (χ3v) is 2.62. The maximum Gasteiger partial charge on any atom is 0.103 e. The summed E-state index contributed by atoms with van der Waals surface area (Å²) in [5, 5.41) is 36.2. The second-order valence-corrected chi connectivity index (χ2v) is 4.20. The van der Waals surface area contributed by atoms with Crippen LogP contribution in [0.3, 0.4) is 0 Å². The number of aromatic nitrogens is 2. The van der Waals surface area contributed by atoms with Crippen molar-refractivity contribution in [2.75, 3.05) is 13.2 Å². The lowest BCUT2D eigenvalue weighted by atomic mass is 10.1. The van der Waals surface area contributed by atoms with Crippen molar-refractivity contribution in [3.8, 4) is 0 Å². The third kappa shape index (κ3) is 5.05. The molecule has 2 unspecified atom stereocenters. The van der Waals surface area contributed by atoms with E-state index in [9.17, 15) is 10.2 Å². The zero-order chi connectivity index (χ0) is 13.4. The van der Waals surface area contributed by atoms with E-state index in [-0.39, 0.29) is 13.0 Å². The molecule has 0 amide bonds. The van der Waals surface area contributed by atoms with Crippen molar-refractivity contribution >= 4 is 0 Å². The zero-order valence-electron chi connectivity index (χ0n) is 10.2. The van der Waals surface area contributed by atoms with Gasteiger partial charge in [-0.1, -0.05) is 0 Å². The van der Waals surface area contributed by atoms with Crippen molar-refractivity contribution in [1.82, 2.24) is 9.97 Å². The molecule has 102 valence electrons. The molecule has 0 saturated heterocycles. The Hall–Kier alpha value is -1.08. The molecule has 1 aromatic rings. The maximum atomic E-state index is 9.57. The van der Waals surface area contributed by atoms with Crippen LogP contribution in [0.5, 0.6) is 0 Å². The Morgan fingerprint density at radius 1 is 1.00 bits per heavy atom. The first-order valence-corrected chi connectivity index (χ1v) is 6.05. The highest BCUT2D eigenvalue weighted by molar-refractivity contribution is 5.05. The van der Waals surface area contributed by atoms with E-state index in [0.717, 1.165) is 25.0 Å². The molecule has 2 atom stereocenters. The van der Waals surface area contributed by atoms with Gasteiger partial charge >= 0.3 is 0 Å². The standard InChI is InChI=1S/C12H20N2O4/c15-4-2-1-3-9-6-13-7-10(14-9)5-11(17)12(18)8-16/h6-7,11-12,15-18H,1-5,8H2. The smallest absolute Gasteiger partial charge is 0.103 e. The predicted octanol–water partition coefficient (Wildman–Crippen LogP) is -0.952. The molecular formula is C12H20N2O4. The minimum Gasteiger partial charge on any atom is -0.396 e. The van der Waals surface area contributed by atoms with Gasteiger partial charge in [-0.2, -0.15) is 0 Å². The summed E-state index contributed by atoms with van der Waals surface area (Å²) in [6.07, 6.45) is 3.40. The number of hydrogen-bond donors (Lipinski definition) is 4. The quantitative estimate of drug-likeness (QED) is 0.447. The Balaban J connectivity index is 2.53. The number of hydrogen-bond acceptors (Lipinski definition) is 6. The average Bonchev–Trinajstić information content (AvgIpc) is 2.38. The Morgan fingerprint density at radius 2 is 1.72 bits per heavy atom. The van der Waals surface area contributed by atoms with Gasteiger partial charge < -0.3 is 20.4 Å². The lowest BCUT2D eigenvalue weighted by molar-refractivity contribution is -0.0137. The van der Waals surface area contributed by atoms with Crippen LogP contribution in [0.2, 0.25) is 0 Å². The van der Waals surface area contributed by atoms with Crippen LogP contribution < -0.4 is 0 Å². The molecule has 0 radical (unpaired) electrons. The van der Waals surface area contributed by atoms with Gasteiger partial charge in [0, 0.05) is 25.4 Å². The highest BCUT2D eigenvalue weighted by Crippen LogP contribution is 2.06. The van der Waals surface area contributed by atoms with Crippen molar-refractivity contribution in [3.05, 3.63) is 23.8 Å². The first-order chi connectivity index (χ1) is 8.67. The minimum absolute atomic E-state index is 0.155. The first kappa shape index (κ1) is 15.0. The maximum absolute atomic E-state index is 9.57. The van der Waals surface area contributed by atoms with Gasteiger partial charge in [0.05, 0.1) is 24.1 Å². The van der Waals surface area contributed by atoms with Gasteiger partial charge in [0.15, 0.2) is 0 Å². The molecule has 1 heterocycles. The number of unbranched alkanes of at least 4 members (excludes halogenated alkanes) is 1. The number of aryl methyl sites for hydroxylation is 1. The molecule has 1 aromatic heterocycles. The van der Waals surface area contributed by atoms with Crippen LogP contribution in [0.15, 0.2) is 12.4 Å². The van der Waals surface area contributed by atoms with Crippen LogP contribution in [-0.4, -0.2) is 55.8 Å². The summed E-state index contributed by atoms with van der Waals surface area (Å²) >= 11 is 0. The van der Waals surface area contributed by atoms with Crippen LogP contribution in [0.25, 0.3) is 0 Å². The molecule has 0 spiro atoms. The first-order valence-electron chi connectivity index (χ1n) is 6.05. The van der Waals surface area contributed by atoms with Crippen LogP contribution in [-0.2, 0) is 12.8 Å². The van der Waals surface area contributed by atoms with Crippen LogP contribution in [0.1, 0.15) is 24.2 Å². The average molecular weight is 256 g/mol. The molecule has 0 aromatic carbocycles. The monoisotopic (exact) mass is 256 g/mol. The summed E-state index contributed by atoms with van der Waals surface area (Å²) in [4.78, 5) is 8.33. The largest absolute Gasteiger partial charge is 0.396 e. The van der Waals surface area contributed by atoms with Gasteiger partial charge in [0.2, 0.25) is 0 Å². The second kappa shape index (κ2) is 8.10. The molecule has 1 rings (SSSR count). The third-order valence-electron chi connectivity index (χ3n) is 2.62. The zero-order valence-corrected chi connectivity index (χ0v) is 10.2. The highest BCUT2D eigenvalue weighted by Gasteiger charge is 2.16. The van der Waals surface area contributed by atoms with E-state index in [1.54, 1.807) is 6.20 Å². The molecule has 6 nitrogen and oxygen atoms in total. The second-order valence-electron chi connectivity index (χ2n) is 4.20. The molecular weight excluding hydrogens is 236 g/mol. The topological polar surface area (TPSA) is 107 Å². The van der Waals surface area contributed by atoms with E-state index in [1.165, 1.54) is 6.20 Å². The van der Waals surface area contributed by atoms with Crippen molar-refractivity contribution in [2.45, 2.75) is 37.9 Å². The molecule has 0 aliphatic heterocycles. The number of rotatable bonds is 8. The van der Waals surface area contributed by atoms with Crippen molar-refractivity contribution in [1.29, 1.82) is 0 Å². The fourth-order valence-corrected chi connectivity index (χ4v) is 1.56.